The van der Waals surface area contributed by atoms with Gasteiger partial charge in [-0.25, -0.2) is 0 Å². The van der Waals surface area contributed by atoms with Crippen LogP contribution < -0.4 is 5.32 Å². The van der Waals surface area contributed by atoms with Crippen molar-refractivity contribution in [1.82, 2.24) is 10.2 Å². The monoisotopic (exact) mass is 203 g/mol. The summed E-state index contributed by atoms with van der Waals surface area (Å²) in [5.74, 6) is 0.176. The van der Waals surface area contributed by atoms with Crippen LogP contribution in [0.2, 0.25) is 0 Å². The van der Waals surface area contributed by atoms with E-state index in [1.54, 1.807) is 18.5 Å². The first-order chi connectivity index (χ1) is 7.36. The molecule has 0 spiro atoms. The smallest absolute Gasteiger partial charge is 0.227 e. The Labute approximate surface area is 88.4 Å². The minimum Gasteiger partial charge on any atom is -0.324 e. The molecule has 1 aromatic heterocycles. The van der Waals surface area contributed by atoms with Crippen LogP contribution >= 0.6 is 0 Å². The Morgan fingerprint density at radius 1 is 1.40 bits per heavy atom. The quantitative estimate of drug-likeness (QED) is 0.745. The molecular formula is C11H13N3O. The van der Waals surface area contributed by atoms with Crippen LogP contribution in [-0.2, 0) is 4.79 Å². The SMILES string of the molecule is O=C(Nc1ccnnc1)C1CC=CCC1. The predicted molar refractivity (Wildman–Crippen MR) is 57.1 cm³/mol. The first-order valence-electron chi connectivity index (χ1n) is 5.09. The number of nitrogens with one attached hydrogen (secondary N) is 1. The lowest BCUT2D eigenvalue weighted by Crippen LogP contribution is -2.23. The highest BCUT2D eigenvalue weighted by Gasteiger charge is 2.18. The zero-order valence-corrected chi connectivity index (χ0v) is 8.39. The lowest BCUT2D eigenvalue weighted by molar-refractivity contribution is -0.120. The van der Waals surface area contributed by atoms with Crippen LogP contribution in [0, 0.1) is 5.92 Å². The Kier molecular flexibility index (Phi) is 3.07. The molecule has 78 valence electrons. The second-order valence-corrected chi connectivity index (χ2v) is 3.60. The van der Waals surface area contributed by atoms with Gasteiger partial charge in [0.15, 0.2) is 0 Å². The molecule has 0 saturated carbocycles. The van der Waals surface area contributed by atoms with E-state index in [2.05, 4.69) is 27.7 Å². The van der Waals surface area contributed by atoms with Crippen LogP contribution in [0.1, 0.15) is 19.3 Å². The largest absolute Gasteiger partial charge is 0.324 e. The highest BCUT2D eigenvalue weighted by molar-refractivity contribution is 5.92. The second kappa shape index (κ2) is 4.68. The van der Waals surface area contributed by atoms with Gasteiger partial charge in [0.05, 0.1) is 18.1 Å². The van der Waals surface area contributed by atoms with Crippen molar-refractivity contribution < 1.29 is 4.79 Å². The van der Waals surface area contributed by atoms with Gasteiger partial charge in [0.25, 0.3) is 0 Å². The Balaban J connectivity index is 1.95. The number of amides is 1. The third-order valence-corrected chi connectivity index (χ3v) is 2.49. The van der Waals surface area contributed by atoms with Crippen LogP contribution in [0.25, 0.3) is 0 Å². The van der Waals surface area contributed by atoms with Gasteiger partial charge in [0.2, 0.25) is 5.91 Å². The van der Waals surface area contributed by atoms with Gasteiger partial charge >= 0.3 is 0 Å². The molecule has 4 heteroatoms. The zero-order chi connectivity index (χ0) is 10.5. The molecule has 1 heterocycles. The number of allylic oxidation sites excluding steroid dienone is 2. The Hall–Kier alpha value is -1.71. The standard InChI is InChI=1S/C11H13N3O/c15-11(9-4-2-1-3-5-9)14-10-6-7-12-13-8-10/h1-2,6-9H,3-5H2,(H,12,14,15). The number of aromatic nitrogens is 2. The number of carbonyl (C=O) groups excluding carboxylic acids is 1. The number of hydrogen-bond acceptors (Lipinski definition) is 3. The Morgan fingerprint density at radius 3 is 3.00 bits per heavy atom. The summed E-state index contributed by atoms with van der Waals surface area (Å²) < 4.78 is 0. The van der Waals surface area contributed by atoms with Crippen LogP contribution in [0.5, 0.6) is 0 Å². The fourth-order valence-electron chi connectivity index (χ4n) is 1.64. The van der Waals surface area contributed by atoms with Gasteiger partial charge in [-0.3, -0.25) is 4.79 Å². The van der Waals surface area contributed by atoms with E-state index in [4.69, 9.17) is 0 Å². The molecule has 1 aliphatic rings. The van der Waals surface area contributed by atoms with Crippen molar-refractivity contribution in [3.63, 3.8) is 0 Å². The van der Waals surface area contributed by atoms with E-state index in [0.717, 1.165) is 19.3 Å². The molecule has 1 amide bonds. The summed E-state index contributed by atoms with van der Waals surface area (Å²) >= 11 is 0. The number of rotatable bonds is 2. The summed E-state index contributed by atoms with van der Waals surface area (Å²) in [7, 11) is 0. The minimum atomic E-state index is 0.0763. The number of carbonyl (C=O) groups is 1. The maximum Gasteiger partial charge on any atom is 0.227 e. The summed E-state index contributed by atoms with van der Waals surface area (Å²) in [6.45, 7) is 0. The van der Waals surface area contributed by atoms with Crippen molar-refractivity contribution in [2.24, 2.45) is 5.92 Å². The van der Waals surface area contributed by atoms with Gasteiger partial charge in [-0.1, -0.05) is 12.2 Å². The molecular weight excluding hydrogens is 190 g/mol. The van der Waals surface area contributed by atoms with Gasteiger partial charge < -0.3 is 5.32 Å². The molecule has 1 aromatic rings. The molecule has 1 aliphatic carbocycles. The highest BCUT2D eigenvalue weighted by atomic mass is 16.1. The van der Waals surface area contributed by atoms with Crippen LogP contribution in [0.4, 0.5) is 5.69 Å². The van der Waals surface area contributed by atoms with Gasteiger partial charge in [0, 0.05) is 5.92 Å². The summed E-state index contributed by atoms with van der Waals surface area (Å²) in [6.07, 6.45) is 10.1. The maximum absolute atomic E-state index is 11.8. The van der Waals surface area contributed by atoms with E-state index >= 15 is 0 Å². The van der Waals surface area contributed by atoms with E-state index < -0.39 is 0 Å². The van der Waals surface area contributed by atoms with Gasteiger partial charge in [-0.2, -0.15) is 10.2 Å². The zero-order valence-electron chi connectivity index (χ0n) is 8.39. The summed E-state index contributed by atoms with van der Waals surface area (Å²) in [5, 5.41) is 10.2. The molecule has 0 saturated heterocycles. The first kappa shape index (κ1) is 9.83. The third-order valence-electron chi connectivity index (χ3n) is 2.49. The van der Waals surface area contributed by atoms with E-state index in [0.29, 0.717) is 5.69 Å². The van der Waals surface area contributed by atoms with Crippen LogP contribution in [0.15, 0.2) is 30.6 Å². The summed E-state index contributed by atoms with van der Waals surface area (Å²) in [6, 6.07) is 1.74. The topological polar surface area (TPSA) is 54.9 Å². The number of hydrogen-bond donors (Lipinski definition) is 1. The van der Waals surface area contributed by atoms with Crippen molar-refractivity contribution in [2.45, 2.75) is 19.3 Å². The fraction of sp³-hybridized carbons (Fsp3) is 0.364. The van der Waals surface area contributed by atoms with Gasteiger partial charge in [0.1, 0.15) is 0 Å². The summed E-state index contributed by atoms with van der Waals surface area (Å²) in [4.78, 5) is 11.8. The molecule has 0 aromatic carbocycles. The van der Waals surface area contributed by atoms with Crippen molar-refractivity contribution >= 4 is 11.6 Å². The molecule has 1 unspecified atom stereocenters. The molecule has 1 N–H and O–H groups in total. The van der Waals surface area contributed by atoms with Crippen molar-refractivity contribution in [2.75, 3.05) is 5.32 Å². The van der Waals surface area contributed by atoms with E-state index in [-0.39, 0.29) is 11.8 Å². The Bertz CT molecular complexity index is 361. The lowest BCUT2D eigenvalue weighted by atomic mass is 9.94. The third kappa shape index (κ3) is 2.62. The molecule has 0 aliphatic heterocycles. The highest BCUT2D eigenvalue weighted by Crippen LogP contribution is 2.19. The minimum absolute atomic E-state index is 0.0763. The van der Waals surface area contributed by atoms with Crippen LogP contribution in [0.3, 0.4) is 0 Å². The number of anilines is 1. The number of nitrogens with zero attached hydrogens (tertiary/aromatic N) is 2. The maximum atomic E-state index is 11.8. The van der Waals surface area contributed by atoms with E-state index in [1.807, 2.05) is 0 Å². The molecule has 2 rings (SSSR count). The molecule has 4 nitrogen and oxygen atoms in total. The average Bonchev–Trinajstić information content (AvgIpc) is 2.31. The molecule has 15 heavy (non-hydrogen) atoms. The van der Waals surface area contributed by atoms with Gasteiger partial charge in [-0.15, -0.1) is 0 Å². The second-order valence-electron chi connectivity index (χ2n) is 3.60. The fourth-order valence-corrected chi connectivity index (χ4v) is 1.64. The predicted octanol–water partition coefficient (Wildman–Crippen LogP) is 1.77. The van der Waals surface area contributed by atoms with Gasteiger partial charge in [-0.05, 0) is 25.3 Å². The van der Waals surface area contributed by atoms with E-state index in [9.17, 15) is 4.79 Å². The van der Waals surface area contributed by atoms with Crippen LogP contribution in [-0.4, -0.2) is 16.1 Å². The lowest BCUT2D eigenvalue weighted by Gasteiger charge is -2.16. The Morgan fingerprint density at radius 2 is 2.33 bits per heavy atom. The van der Waals surface area contributed by atoms with E-state index in [1.165, 1.54) is 0 Å². The van der Waals surface area contributed by atoms with Crippen molar-refractivity contribution in [1.29, 1.82) is 0 Å². The first-order valence-corrected chi connectivity index (χ1v) is 5.09. The summed E-state index contributed by atoms with van der Waals surface area (Å²) in [5.41, 5.74) is 0.713. The van der Waals surface area contributed by atoms with Crippen molar-refractivity contribution in [3.05, 3.63) is 30.6 Å². The molecule has 0 fully saturated rings. The normalized spacial score (nSPS) is 19.9. The molecule has 0 radical (unpaired) electrons. The molecule has 0 bridgehead atoms. The molecule has 1 atom stereocenters. The average molecular weight is 203 g/mol. The van der Waals surface area contributed by atoms with Crippen molar-refractivity contribution in [3.8, 4) is 0 Å².